The van der Waals surface area contributed by atoms with E-state index in [4.69, 9.17) is 9.47 Å². The Bertz CT molecular complexity index is 1300. The number of rotatable bonds is 5. The number of ether oxygens (including phenoxy) is 2. The molecule has 0 aliphatic carbocycles. The van der Waals surface area contributed by atoms with Crippen LogP contribution in [0.15, 0.2) is 84.1 Å². The van der Waals surface area contributed by atoms with Crippen molar-refractivity contribution in [2.45, 2.75) is 20.1 Å². The first-order chi connectivity index (χ1) is 16.6. The Morgan fingerprint density at radius 3 is 2.24 bits per heavy atom. The van der Waals surface area contributed by atoms with Crippen LogP contribution >= 0.6 is 0 Å². The highest BCUT2D eigenvalue weighted by molar-refractivity contribution is 6.07. The van der Waals surface area contributed by atoms with Gasteiger partial charge in [-0.1, -0.05) is 60.7 Å². The molecule has 9 nitrogen and oxygen atoms in total. The molecule has 0 aliphatic rings. The van der Waals surface area contributed by atoms with Crippen molar-refractivity contribution in [3.05, 3.63) is 95.8 Å². The van der Waals surface area contributed by atoms with Gasteiger partial charge in [-0.15, -0.1) is 4.99 Å². The van der Waals surface area contributed by atoms with Crippen molar-refractivity contribution in [3.63, 3.8) is 0 Å². The van der Waals surface area contributed by atoms with Gasteiger partial charge in [-0.25, -0.2) is 14.6 Å². The lowest BCUT2D eigenvalue weighted by Gasteiger charge is -2.14. The van der Waals surface area contributed by atoms with Crippen LogP contribution in [0.2, 0.25) is 0 Å². The van der Waals surface area contributed by atoms with Gasteiger partial charge < -0.3 is 19.8 Å². The van der Waals surface area contributed by atoms with E-state index in [1.807, 2.05) is 73.7 Å². The summed E-state index contributed by atoms with van der Waals surface area (Å²) in [4.78, 5) is 36.0. The van der Waals surface area contributed by atoms with Crippen LogP contribution in [0, 0.1) is 6.92 Å². The number of aromatic nitrogens is 2. The van der Waals surface area contributed by atoms with Crippen LogP contribution < -0.4 is 10.6 Å². The van der Waals surface area contributed by atoms with Gasteiger partial charge in [0, 0.05) is 11.3 Å². The molecule has 0 fully saturated rings. The molecule has 0 saturated heterocycles. The lowest BCUT2D eigenvalue weighted by atomic mass is 10.1. The number of benzene rings is 3. The molecular weight excluding hydrogens is 434 g/mol. The van der Waals surface area contributed by atoms with Crippen molar-refractivity contribution in [1.82, 2.24) is 15.3 Å². The maximum Gasteiger partial charge on any atom is 0.437 e. The van der Waals surface area contributed by atoms with Gasteiger partial charge in [-0.05, 0) is 30.2 Å². The quantitative estimate of drug-likeness (QED) is 0.290. The number of aliphatic imine (C=N–C) groups is 1. The van der Waals surface area contributed by atoms with Crippen LogP contribution in [0.25, 0.3) is 11.0 Å². The molecule has 0 atom stereocenters. The Labute approximate surface area is 195 Å². The van der Waals surface area contributed by atoms with Gasteiger partial charge in [0.25, 0.3) is 0 Å². The molecular formula is C25H23N5O4. The summed E-state index contributed by atoms with van der Waals surface area (Å²) in [6.45, 7) is 1.98. The highest BCUT2D eigenvalue weighted by atomic mass is 16.6. The fourth-order valence-corrected chi connectivity index (χ4v) is 3.20. The Balaban J connectivity index is 1.48. The highest BCUT2D eigenvalue weighted by Gasteiger charge is 2.14. The zero-order valence-electron chi connectivity index (χ0n) is 18.4. The number of alkyl carbamates (subject to hydrolysis) is 1. The first-order valence-electron chi connectivity index (χ1n) is 10.6. The summed E-state index contributed by atoms with van der Waals surface area (Å²) in [7, 11) is 0. The zero-order valence-corrected chi connectivity index (χ0v) is 18.4. The number of amides is 2. The number of fused-ring (bicyclic) bond motifs is 1. The molecule has 0 spiro atoms. The van der Waals surface area contributed by atoms with Crippen LogP contribution in [0.3, 0.4) is 0 Å². The normalized spacial score (nSPS) is 11.1. The maximum atomic E-state index is 12.4. The van der Waals surface area contributed by atoms with E-state index in [1.54, 1.807) is 12.4 Å². The average Bonchev–Trinajstić information content (AvgIpc) is 3.34. The summed E-state index contributed by atoms with van der Waals surface area (Å²) in [5.74, 6) is -0.130. The number of nitrogens with one attached hydrogen (secondary N) is 3. The second-order valence-corrected chi connectivity index (χ2v) is 7.35. The number of aryl methyl sites for hydroxylation is 1. The molecule has 4 rings (SSSR count). The van der Waals surface area contributed by atoms with E-state index in [9.17, 15) is 9.59 Å². The van der Waals surface area contributed by atoms with Crippen molar-refractivity contribution in [3.8, 4) is 0 Å². The molecule has 0 radical (unpaired) electrons. The second kappa shape index (κ2) is 10.8. The molecule has 34 heavy (non-hydrogen) atoms. The number of hydrogen-bond donors (Lipinski definition) is 3. The number of guanidine groups is 1. The van der Waals surface area contributed by atoms with Crippen LogP contribution in [0.4, 0.5) is 15.3 Å². The van der Waals surface area contributed by atoms with Crippen LogP contribution in [-0.4, -0.2) is 28.1 Å². The molecule has 9 heteroatoms. The molecule has 172 valence electrons. The van der Waals surface area contributed by atoms with Crippen LogP contribution in [-0.2, 0) is 22.7 Å². The van der Waals surface area contributed by atoms with Gasteiger partial charge in [0.1, 0.15) is 13.2 Å². The minimum absolute atomic E-state index is 0.0488. The monoisotopic (exact) mass is 457 g/mol. The molecule has 3 aromatic carbocycles. The van der Waals surface area contributed by atoms with Gasteiger partial charge in [-0.2, -0.15) is 0 Å². The molecule has 4 aromatic rings. The molecule has 0 unspecified atom stereocenters. The van der Waals surface area contributed by atoms with E-state index in [-0.39, 0.29) is 19.2 Å². The summed E-state index contributed by atoms with van der Waals surface area (Å²) in [5, 5.41) is 5.45. The highest BCUT2D eigenvalue weighted by Crippen LogP contribution is 2.22. The third kappa shape index (κ3) is 5.98. The number of carbonyl (C=O) groups is 2. The minimum atomic E-state index is -0.867. The predicted octanol–water partition coefficient (Wildman–Crippen LogP) is 4.90. The standard InChI is InChI=1S/C25H23N5O4/c1-17-20(12-13-21-22(17)27-16-26-21)28-23(29-24(31)33-14-18-8-4-2-5-9-18)30-25(32)34-15-19-10-6-3-7-11-19/h2-13,16H,14-15H2,1H3,(H,26,27)(H2,28,29,30,31,32). The topological polar surface area (TPSA) is 118 Å². The molecule has 1 aromatic heterocycles. The molecule has 0 saturated carbocycles. The third-order valence-electron chi connectivity index (χ3n) is 4.94. The van der Waals surface area contributed by atoms with Gasteiger partial charge in [0.2, 0.25) is 5.96 Å². The van der Waals surface area contributed by atoms with Crippen LogP contribution in [0.5, 0.6) is 0 Å². The van der Waals surface area contributed by atoms with E-state index < -0.39 is 12.2 Å². The summed E-state index contributed by atoms with van der Waals surface area (Å²) in [5.41, 5.74) is 4.67. The largest absolute Gasteiger partial charge is 0.444 e. The number of nitrogens with zero attached hydrogens (tertiary/aromatic N) is 2. The van der Waals surface area contributed by atoms with Crippen molar-refractivity contribution in [2.24, 2.45) is 4.99 Å². The number of aromatic amines is 1. The Hall–Kier alpha value is -4.66. The lowest BCUT2D eigenvalue weighted by molar-refractivity contribution is 0.144. The number of carbonyl (C=O) groups excluding carboxylic acids is 2. The predicted molar refractivity (Wildman–Crippen MR) is 128 cm³/mol. The number of hydrogen-bond acceptors (Lipinski definition) is 5. The fraction of sp³-hybridized carbons (Fsp3) is 0.120. The van der Waals surface area contributed by atoms with Gasteiger partial charge in [0.05, 0.1) is 17.4 Å². The fourth-order valence-electron chi connectivity index (χ4n) is 3.20. The van der Waals surface area contributed by atoms with Crippen molar-refractivity contribution < 1.29 is 19.1 Å². The smallest absolute Gasteiger partial charge is 0.437 e. The number of imidazole rings is 1. The number of H-pyrrole nitrogens is 1. The summed E-state index contributed by atoms with van der Waals surface area (Å²) in [6, 6.07) is 22.1. The lowest BCUT2D eigenvalue weighted by Crippen LogP contribution is -2.37. The van der Waals surface area contributed by atoms with Crippen molar-refractivity contribution in [2.75, 3.05) is 5.32 Å². The first-order valence-corrected chi connectivity index (χ1v) is 10.6. The summed E-state index contributed by atoms with van der Waals surface area (Å²) < 4.78 is 10.5. The Morgan fingerprint density at radius 1 is 0.912 bits per heavy atom. The SMILES string of the molecule is Cc1c(NC(=NC(=O)OCc2ccccc2)NC(=O)OCc2ccccc2)ccc2[nH]cnc12. The molecule has 2 amide bonds. The third-order valence-corrected chi connectivity index (χ3v) is 4.94. The maximum absolute atomic E-state index is 12.4. The van der Waals surface area contributed by atoms with E-state index >= 15 is 0 Å². The molecule has 0 bridgehead atoms. The van der Waals surface area contributed by atoms with E-state index in [1.165, 1.54) is 0 Å². The second-order valence-electron chi connectivity index (χ2n) is 7.35. The summed E-state index contributed by atoms with van der Waals surface area (Å²) in [6.07, 6.45) is -0.0472. The Morgan fingerprint density at radius 2 is 1.56 bits per heavy atom. The average molecular weight is 457 g/mol. The molecule has 1 heterocycles. The van der Waals surface area contributed by atoms with Crippen molar-refractivity contribution >= 4 is 34.9 Å². The van der Waals surface area contributed by atoms with E-state index in [0.29, 0.717) is 5.69 Å². The molecule has 0 aliphatic heterocycles. The van der Waals surface area contributed by atoms with Crippen LogP contribution in [0.1, 0.15) is 16.7 Å². The molecule has 3 N–H and O–H groups in total. The van der Waals surface area contributed by atoms with Gasteiger partial charge in [0.15, 0.2) is 0 Å². The number of anilines is 1. The van der Waals surface area contributed by atoms with Crippen molar-refractivity contribution in [1.29, 1.82) is 0 Å². The van der Waals surface area contributed by atoms with Gasteiger partial charge in [-0.3, -0.25) is 5.32 Å². The minimum Gasteiger partial charge on any atom is -0.444 e. The van der Waals surface area contributed by atoms with E-state index in [0.717, 1.165) is 27.7 Å². The summed E-state index contributed by atoms with van der Waals surface area (Å²) >= 11 is 0. The van der Waals surface area contributed by atoms with Gasteiger partial charge >= 0.3 is 12.2 Å². The first kappa shape index (κ1) is 22.5. The van der Waals surface area contributed by atoms with E-state index in [2.05, 4.69) is 25.6 Å². The Kier molecular flexibility index (Phi) is 7.14. The zero-order chi connectivity index (χ0) is 23.8.